The van der Waals surface area contributed by atoms with Crippen molar-refractivity contribution >= 4 is 40.5 Å². The first-order valence-corrected chi connectivity index (χ1v) is 18.6. The van der Waals surface area contributed by atoms with Gasteiger partial charge in [-0.1, -0.05) is 32.5 Å². The van der Waals surface area contributed by atoms with Gasteiger partial charge in [0, 0.05) is 45.8 Å². The highest BCUT2D eigenvalue weighted by Crippen LogP contribution is 2.40. The number of nitrogens with one attached hydrogen (secondary N) is 1. The molecule has 0 radical (unpaired) electrons. The number of hydrogen-bond donors (Lipinski definition) is 1. The minimum atomic E-state index is -3.12. The molecule has 40 heavy (non-hydrogen) atoms. The number of carbonyl (C=O) groups is 1. The van der Waals surface area contributed by atoms with Crippen molar-refractivity contribution in [1.29, 1.82) is 4.78 Å². The fourth-order valence-corrected chi connectivity index (χ4v) is 6.01. The van der Waals surface area contributed by atoms with Crippen LogP contribution < -0.4 is 4.90 Å². The summed E-state index contributed by atoms with van der Waals surface area (Å²) in [6.07, 6.45) is -0.907. The molecule has 1 fully saturated rings. The van der Waals surface area contributed by atoms with Crippen LogP contribution in [-0.4, -0.2) is 53.3 Å². The Morgan fingerprint density at radius 3 is 2.42 bits per heavy atom. The summed E-state index contributed by atoms with van der Waals surface area (Å²) in [7, 11) is -4.74. The number of alkyl halides is 2. The minimum absolute atomic E-state index is 0.0990. The SMILES string of the molecule is CC[S@@](=N)(=O)c1ccc(N2CCC(F)(F)C2)c(-c2cc3cc(C#C[Si](C)(C)C)ccc3n2C(=O)OC(C)(C)C)c1. The molecule has 1 aliphatic rings. The second-order valence-corrected chi connectivity index (χ2v) is 19.4. The molecule has 1 aromatic heterocycles. The zero-order valence-electron chi connectivity index (χ0n) is 24.2. The van der Waals surface area contributed by atoms with Gasteiger partial charge in [0.2, 0.25) is 0 Å². The van der Waals surface area contributed by atoms with Gasteiger partial charge in [-0.2, -0.15) is 0 Å². The van der Waals surface area contributed by atoms with Crippen molar-refractivity contribution in [3.63, 3.8) is 0 Å². The topological polar surface area (TPSA) is 75.4 Å². The van der Waals surface area contributed by atoms with Crippen molar-refractivity contribution in [3.8, 4) is 22.7 Å². The maximum atomic E-state index is 14.3. The lowest BCUT2D eigenvalue weighted by atomic mass is 10.1. The van der Waals surface area contributed by atoms with Crippen molar-refractivity contribution < 1.29 is 22.5 Å². The van der Waals surface area contributed by atoms with Crippen LogP contribution in [0.25, 0.3) is 22.2 Å². The van der Waals surface area contributed by atoms with E-state index in [9.17, 15) is 17.8 Å². The van der Waals surface area contributed by atoms with Crippen molar-refractivity contribution in [3.05, 3.63) is 48.0 Å². The van der Waals surface area contributed by atoms with Gasteiger partial charge in [-0.15, -0.1) is 5.54 Å². The van der Waals surface area contributed by atoms with E-state index >= 15 is 0 Å². The zero-order valence-corrected chi connectivity index (χ0v) is 26.0. The average molecular weight is 586 g/mol. The molecule has 1 aliphatic heterocycles. The van der Waals surface area contributed by atoms with Crippen LogP contribution in [0.4, 0.5) is 19.3 Å². The number of nitrogens with zero attached hydrogens (tertiary/aromatic N) is 2. The predicted octanol–water partition coefficient (Wildman–Crippen LogP) is 7.59. The molecule has 2 aromatic carbocycles. The smallest absolute Gasteiger partial charge is 0.419 e. The van der Waals surface area contributed by atoms with E-state index in [1.54, 1.807) is 50.8 Å². The Bertz CT molecular complexity index is 1640. The predicted molar refractivity (Wildman–Crippen MR) is 161 cm³/mol. The highest BCUT2D eigenvalue weighted by atomic mass is 32.2. The van der Waals surface area contributed by atoms with Crippen LogP contribution in [-0.2, 0) is 14.5 Å². The monoisotopic (exact) mass is 585 g/mol. The lowest BCUT2D eigenvalue weighted by Crippen LogP contribution is -2.28. The molecule has 0 amide bonds. The Kier molecular flexibility index (Phi) is 7.71. The molecular weight excluding hydrogens is 548 g/mol. The van der Waals surface area contributed by atoms with Gasteiger partial charge in [-0.05, 0) is 63.2 Å². The van der Waals surface area contributed by atoms with E-state index in [1.807, 2.05) is 24.3 Å². The average Bonchev–Trinajstić information content (AvgIpc) is 3.40. The van der Waals surface area contributed by atoms with Gasteiger partial charge < -0.3 is 9.64 Å². The van der Waals surface area contributed by atoms with E-state index in [4.69, 9.17) is 9.52 Å². The number of rotatable bonds is 4. The van der Waals surface area contributed by atoms with Crippen LogP contribution in [0.15, 0.2) is 47.4 Å². The van der Waals surface area contributed by atoms with E-state index in [2.05, 4.69) is 31.1 Å². The summed E-state index contributed by atoms with van der Waals surface area (Å²) in [4.78, 5) is 15.5. The fraction of sp³-hybridized carbons (Fsp3) is 0.433. The van der Waals surface area contributed by atoms with Crippen LogP contribution in [0.5, 0.6) is 0 Å². The first-order valence-electron chi connectivity index (χ1n) is 13.3. The Morgan fingerprint density at radius 1 is 1.15 bits per heavy atom. The molecule has 1 N–H and O–H groups in total. The molecule has 10 heteroatoms. The molecular formula is C30H37F2N3O3SSi. The molecule has 0 unspecified atom stereocenters. The summed E-state index contributed by atoms with van der Waals surface area (Å²) < 4.78 is 57.3. The molecule has 0 bridgehead atoms. The summed E-state index contributed by atoms with van der Waals surface area (Å²) in [6, 6.07) is 12.2. The van der Waals surface area contributed by atoms with Gasteiger partial charge >= 0.3 is 6.09 Å². The first-order chi connectivity index (χ1) is 18.4. The fourth-order valence-electron chi connectivity index (χ4n) is 4.56. The van der Waals surface area contributed by atoms with Crippen molar-refractivity contribution in [2.45, 2.75) is 70.2 Å². The summed E-state index contributed by atoms with van der Waals surface area (Å²) in [5.41, 5.74) is 5.29. The van der Waals surface area contributed by atoms with Gasteiger partial charge in [0.15, 0.2) is 0 Å². The Hall–Kier alpha value is -3.16. The molecule has 1 saturated heterocycles. The normalized spacial score (nSPS) is 16.9. The highest BCUT2D eigenvalue weighted by molar-refractivity contribution is 7.92. The third-order valence-corrected chi connectivity index (χ3v) is 9.20. The minimum Gasteiger partial charge on any atom is -0.443 e. The van der Waals surface area contributed by atoms with E-state index in [0.29, 0.717) is 22.5 Å². The van der Waals surface area contributed by atoms with Crippen molar-refractivity contribution in [2.75, 3.05) is 23.7 Å². The van der Waals surface area contributed by atoms with Crippen molar-refractivity contribution in [1.82, 2.24) is 4.57 Å². The molecule has 4 rings (SSSR count). The molecule has 3 aromatic rings. The van der Waals surface area contributed by atoms with Gasteiger partial charge in [-0.3, -0.25) is 0 Å². The second-order valence-electron chi connectivity index (χ2n) is 12.3. The van der Waals surface area contributed by atoms with Gasteiger partial charge in [0.25, 0.3) is 5.92 Å². The maximum Gasteiger partial charge on any atom is 0.419 e. The van der Waals surface area contributed by atoms with Gasteiger partial charge in [0.1, 0.15) is 13.7 Å². The van der Waals surface area contributed by atoms with Gasteiger partial charge in [-0.25, -0.2) is 27.1 Å². The Morgan fingerprint density at radius 2 is 1.85 bits per heavy atom. The molecule has 1 atom stereocenters. The summed E-state index contributed by atoms with van der Waals surface area (Å²) in [5, 5.41) is 0.730. The van der Waals surface area contributed by atoms with E-state index in [1.165, 1.54) is 4.57 Å². The van der Waals surface area contributed by atoms with Gasteiger partial charge in [0.05, 0.1) is 27.5 Å². The second kappa shape index (κ2) is 10.3. The van der Waals surface area contributed by atoms with Crippen LogP contribution in [0, 0.1) is 16.2 Å². The Balaban J connectivity index is 2.01. The number of aromatic nitrogens is 1. The third kappa shape index (κ3) is 6.58. The van der Waals surface area contributed by atoms with E-state index in [-0.39, 0.29) is 23.6 Å². The van der Waals surface area contributed by atoms with E-state index in [0.717, 1.165) is 10.9 Å². The molecule has 0 saturated carbocycles. The van der Waals surface area contributed by atoms with Crippen LogP contribution in [0.1, 0.15) is 39.7 Å². The van der Waals surface area contributed by atoms with E-state index < -0.39 is 42.0 Å². The number of anilines is 1. The number of halogens is 2. The van der Waals surface area contributed by atoms with Crippen LogP contribution in [0.2, 0.25) is 19.6 Å². The Labute approximate surface area is 236 Å². The highest BCUT2D eigenvalue weighted by Gasteiger charge is 2.39. The summed E-state index contributed by atoms with van der Waals surface area (Å²) in [5.74, 6) is 0.502. The van der Waals surface area contributed by atoms with Crippen LogP contribution >= 0.6 is 0 Å². The number of hydrogen-bond acceptors (Lipinski definition) is 5. The number of ether oxygens (including phenoxy) is 1. The zero-order chi connectivity index (χ0) is 29.7. The number of benzene rings is 2. The third-order valence-electron chi connectivity index (χ3n) is 6.50. The molecule has 214 valence electrons. The first kappa shape index (κ1) is 29.8. The summed E-state index contributed by atoms with van der Waals surface area (Å²) in [6.45, 7) is 13.1. The molecule has 0 aliphatic carbocycles. The lowest BCUT2D eigenvalue weighted by molar-refractivity contribution is 0.0257. The quantitative estimate of drug-likeness (QED) is 0.253. The largest absolute Gasteiger partial charge is 0.443 e. The lowest BCUT2D eigenvalue weighted by Gasteiger charge is -2.24. The molecule has 6 nitrogen and oxygen atoms in total. The number of fused-ring (bicyclic) bond motifs is 1. The summed E-state index contributed by atoms with van der Waals surface area (Å²) >= 11 is 0. The standard InChI is InChI=1S/C30H37F2N3O3SSi/c1-8-39(33,37)23-10-12-26(34-15-14-30(31,32)20-34)24(19-23)27-18-22-17-21(13-16-40(5,6)7)9-11-25(22)35(27)28(36)38-29(2,3)4/h9-12,17-19,33H,8,14-15,20H2,1-7H3/t39-/m1/s1. The molecule has 0 spiro atoms. The van der Waals surface area contributed by atoms with Crippen LogP contribution in [0.3, 0.4) is 0 Å². The van der Waals surface area contributed by atoms with Crippen molar-refractivity contribution in [2.24, 2.45) is 0 Å². The number of carbonyl (C=O) groups excluding carboxylic acids is 1. The molecule has 2 heterocycles. The maximum absolute atomic E-state index is 14.3.